The van der Waals surface area contributed by atoms with Crippen LogP contribution in [0.15, 0.2) is 29.2 Å². The number of nitrogens with two attached hydrogens (primary N) is 1. The highest BCUT2D eigenvalue weighted by atomic mass is 32.2. The summed E-state index contributed by atoms with van der Waals surface area (Å²) in [6.45, 7) is 2.67. The number of nitrogens with one attached hydrogen (secondary N) is 1. The molecule has 0 aromatic heterocycles. The number of hydrogen-bond acceptors (Lipinski definition) is 4. The van der Waals surface area contributed by atoms with Crippen LogP contribution in [0.3, 0.4) is 0 Å². The smallest absolute Gasteiger partial charge is 0.251 e. The zero-order chi connectivity index (χ0) is 16.0. The van der Waals surface area contributed by atoms with Crippen molar-refractivity contribution in [2.45, 2.75) is 42.7 Å². The lowest BCUT2D eigenvalue weighted by Gasteiger charge is -2.31. The summed E-state index contributed by atoms with van der Waals surface area (Å²) < 4.78 is 28.2. The Hall–Kier alpha value is -1.44. The second-order valence-corrected chi connectivity index (χ2v) is 7.88. The van der Waals surface area contributed by atoms with Crippen LogP contribution in [0.25, 0.3) is 0 Å². The summed E-state index contributed by atoms with van der Waals surface area (Å²) in [6.07, 6.45) is 3.16. The minimum atomic E-state index is -3.74. The second kappa shape index (κ2) is 5.33. The molecular formula is C15H20N2O4S. The molecule has 1 heterocycles. The number of rotatable bonds is 4. The number of sulfonamides is 1. The quantitative estimate of drug-likeness (QED) is 0.864. The number of primary sulfonamides is 1. The molecule has 6 nitrogen and oxygen atoms in total. The Morgan fingerprint density at radius 1 is 1.32 bits per heavy atom. The summed E-state index contributed by atoms with van der Waals surface area (Å²) in [4.78, 5) is 12.4. The number of carbonyl (C=O) groups is 1. The molecule has 3 N–H and O–H groups in total. The molecule has 2 atom stereocenters. The van der Waals surface area contributed by atoms with Crippen LogP contribution in [0.4, 0.5) is 0 Å². The van der Waals surface area contributed by atoms with Crippen molar-refractivity contribution in [3.63, 3.8) is 0 Å². The Balaban J connectivity index is 1.74. The largest absolute Gasteiger partial charge is 0.375 e. The van der Waals surface area contributed by atoms with Crippen LogP contribution in [0, 0.1) is 5.92 Å². The Morgan fingerprint density at radius 3 is 2.50 bits per heavy atom. The van der Waals surface area contributed by atoms with Crippen LogP contribution in [0.2, 0.25) is 0 Å². The van der Waals surface area contributed by atoms with E-state index in [0.717, 1.165) is 19.3 Å². The highest BCUT2D eigenvalue weighted by Crippen LogP contribution is 2.43. The predicted molar refractivity (Wildman–Crippen MR) is 80.8 cm³/mol. The van der Waals surface area contributed by atoms with Gasteiger partial charge in [0, 0.05) is 12.2 Å². The Morgan fingerprint density at radius 2 is 1.95 bits per heavy atom. The lowest BCUT2D eigenvalue weighted by Crippen LogP contribution is -2.52. The van der Waals surface area contributed by atoms with E-state index in [0.29, 0.717) is 18.1 Å². The third kappa shape index (κ3) is 3.02. The van der Waals surface area contributed by atoms with Crippen LogP contribution < -0.4 is 10.5 Å². The molecular weight excluding hydrogens is 304 g/mol. The molecule has 1 saturated heterocycles. The molecule has 1 aromatic carbocycles. The van der Waals surface area contributed by atoms with E-state index >= 15 is 0 Å². The Kier molecular flexibility index (Phi) is 3.74. The number of hydrogen-bond donors (Lipinski definition) is 2. The van der Waals surface area contributed by atoms with E-state index in [1.54, 1.807) is 0 Å². The lowest BCUT2D eigenvalue weighted by molar-refractivity contribution is 0.0514. The van der Waals surface area contributed by atoms with Gasteiger partial charge in [-0.2, -0.15) is 0 Å². The standard InChI is InChI=1S/C15H20N2O4S/c1-15(8-9-21-13(15)10-2-3-10)17-14(18)11-4-6-12(7-5-11)22(16,19)20/h4-7,10,13H,2-3,8-9H2,1H3,(H,17,18)(H2,16,19,20)/t13-,15-/m1/s1. The highest BCUT2D eigenvalue weighted by Gasteiger charge is 2.49. The predicted octanol–water partition coefficient (Wildman–Crippen LogP) is 1.02. The first kappa shape index (κ1) is 15.5. The molecule has 0 bridgehead atoms. The van der Waals surface area contributed by atoms with Crippen LogP contribution >= 0.6 is 0 Å². The zero-order valence-corrected chi connectivity index (χ0v) is 13.2. The van der Waals surface area contributed by atoms with Crippen LogP contribution in [0.5, 0.6) is 0 Å². The van der Waals surface area contributed by atoms with Crippen LogP contribution in [-0.4, -0.2) is 32.6 Å². The summed E-state index contributed by atoms with van der Waals surface area (Å²) in [5.74, 6) is 0.317. The van der Waals surface area contributed by atoms with Crippen molar-refractivity contribution in [3.05, 3.63) is 29.8 Å². The van der Waals surface area contributed by atoms with Crippen molar-refractivity contribution < 1.29 is 17.9 Å². The van der Waals surface area contributed by atoms with Crippen molar-refractivity contribution >= 4 is 15.9 Å². The maximum absolute atomic E-state index is 12.4. The minimum absolute atomic E-state index is 0.00433. The molecule has 120 valence electrons. The summed E-state index contributed by atoms with van der Waals surface area (Å²) in [7, 11) is -3.74. The average Bonchev–Trinajstić information content (AvgIpc) is 3.21. The number of benzene rings is 1. The SMILES string of the molecule is C[C@@]1(NC(=O)c2ccc(S(N)(=O)=O)cc2)CCO[C@@H]1C1CC1. The summed E-state index contributed by atoms with van der Waals surface area (Å²) >= 11 is 0. The third-order valence-corrected chi connectivity index (χ3v) is 5.37. The maximum atomic E-state index is 12.4. The van der Waals surface area contributed by atoms with Gasteiger partial charge in [-0.3, -0.25) is 4.79 Å². The summed E-state index contributed by atoms with van der Waals surface area (Å²) in [5, 5.41) is 8.11. The maximum Gasteiger partial charge on any atom is 0.251 e. The fourth-order valence-electron chi connectivity index (χ4n) is 3.04. The molecule has 1 aliphatic heterocycles. The second-order valence-electron chi connectivity index (χ2n) is 6.32. The first-order valence-electron chi connectivity index (χ1n) is 7.37. The normalized spacial score (nSPS) is 28.5. The first-order valence-corrected chi connectivity index (χ1v) is 8.91. The van der Waals surface area contributed by atoms with Gasteiger partial charge in [0.25, 0.3) is 5.91 Å². The number of amides is 1. The highest BCUT2D eigenvalue weighted by molar-refractivity contribution is 7.89. The Bertz CT molecular complexity index is 682. The molecule has 2 aliphatic rings. The van der Waals surface area contributed by atoms with Gasteiger partial charge >= 0.3 is 0 Å². The van der Waals surface area contributed by atoms with Crippen molar-refractivity contribution in [2.75, 3.05) is 6.61 Å². The van der Waals surface area contributed by atoms with Gasteiger partial charge in [0.05, 0.1) is 16.5 Å². The van der Waals surface area contributed by atoms with Gasteiger partial charge < -0.3 is 10.1 Å². The van der Waals surface area contributed by atoms with E-state index in [9.17, 15) is 13.2 Å². The van der Waals surface area contributed by atoms with Crippen LogP contribution in [-0.2, 0) is 14.8 Å². The van der Waals surface area contributed by atoms with Gasteiger partial charge in [-0.25, -0.2) is 13.6 Å². The van der Waals surface area contributed by atoms with Gasteiger partial charge in [0.2, 0.25) is 10.0 Å². The summed E-state index contributed by atoms with van der Waals surface area (Å²) in [6, 6.07) is 5.63. The van der Waals surface area contributed by atoms with E-state index in [1.165, 1.54) is 24.3 Å². The monoisotopic (exact) mass is 324 g/mol. The molecule has 1 aliphatic carbocycles. The molecule has 1 amide bonds. The van der Waals surface area contributed by atoms with Crippen LogP contribution in [0.1, 0.15) is 36.5 Å². The molecule has 0 radical (unpaired) electrons. The van der Waals surface area contributed by atoms with Crippen molar-refractivity contribution in [2.24, 2.45) is 11.1 Å². The summed E-state index contributed by atoms with van der Waals surface area (Å²) in [5.41, 5.74) is 0.0479. The topological polar surface area (TPSA) is 98.5 Å². The van der Waals surface area contributed by atoms with E-state index in [2.05, 4.69) is 5.32 Å². The van der Waals surface area contributed by atoms with Gasteiger partial charge in [0.15, 0.2) is 0 Å². The van der Waals surface area contributed by atoms with E-state index < -0.39 is 10.0 Å². The van der Waals surface area contributed by atoms with Gasteiger partial charge in [-0.15, -0.1) is 0 Å². The zero-order valence-electron chi connectivity index (χ0n) is 12.4. The lowest BCUT2D eigenvalue weighted by atomic mass is 9.90. The van der Waals surface area contributed by atoms with E-state index in [4.69, 9.17) is 9.88 Å². The molecule has 3 rings (SSSR count). The number of ether oxygens (including phenoxy) is 1. The molecule has 22 heavy (non-hydrogen) atoms. The number of carbonyl (C=O) groups excluding carboxylic acids is 1. The fourth-order valence-corrected chi connectivity index (χ4v) is 3.56. The minimum Gasteiger partial charge on any atom is -0.375 e. The Labute approximate surface area is 130 Å². The van der Waals surface area contributed by atoms with Gasteiger partial charge in [0.1, 0.15) is 0 Å². The molecule has 7 heteroatoms. The molecule has 0 unspecified atom stereocenters. The van der Waals surface area contributed by atoms with Crippen molar-refractivity contribution in [1.82, 2.24) is 5.32 Å². The van der Waals surface area contributed by atoms with Crippen molar-refractivity contribution in [3.8, 4) is 0 Å². The molecule has 1 saturated carbocycles. The average molecular weight is 324 g/mol. The first-order chi connectivity index (χ1) is 10.3. The molecule has 1 aromatic rings. The van der Waals surface area contributed by atoms with Gasteiger partial charge in [-0.1, -0.05) is 0 Å². The van der Waals surface area contributed by atoms with Gasteiger partial charge in [-0.05, 0) is 56.4 Å². The van der Waals surface area contributed by atoms with E-state index in [-0.39, 0.29) is 22.4 Å². The van der Waals surface area contributed by atoms with Crippen molar-refractivity contribution in [1.29, 1.82) is 0 Å². The molecule has 0 spiro atoms. The molecule has 2 fully saturated rings. The van der Waals surface area contributed by atoms with E-state index in [1.807, 2.05) is 6.92 Å². The fraction of sp³-hybridized carbons (Fsp3) is 0.533. The third-order valence-electron chi connectivity index (χ3n) is 4.44.